The molecule has 0 aromatic rings. The second kappa shape index (κ2) is 6.88. The number of hydrogen-bond acceptors (Lipinski definition) is 5. The predicted octanol–water partition coefficient (Wildman–Crippen LogP) is 1.90. The highest BCUT2D eigenvalue weighted by Crippen LogP contribution is 2.33. The zero-order valence-electron chi connectivity index (χ0n) is 15.5. The van der Waals surface area contributed by atoms with Gasteiger partial charge in [-0.3, -0.25) is 9.69 Å². The van der Waals surface area contributed by atoms with Crippen LogP contribution in [0.1, 0.15) is 48.0 Å². The zero-order valence-corrected chi connectivity index (χ0v) is 15.5. The maximum Gasteiger partial charge on any atom is 0.412 e. The molecule has 2 aliphatic rings. The Morgan fingerprint density at radius 1 is 1.33 bits per heavy atom. The number of rotatable bonds is 3. The molecule has 0 radical (unpaired) electrons. The van der Waals surface area contributed by atoms with Crippen molar-refractivity contribution in [3.63, 3.8) is 0 Å². The van der Waals surface area contributed by atoms with E-state index in [-0.39, 0.29) is 24.0 Å². The molecule has 0 saturated carbocycles. The van der Waals surface area contributed by atoms with Gasteiger partial charge in [0.2, 0.25) is 5.91 Å². The van der Waals surface area contributed by atoms with Gasteiger partial charge < -0.3 is 19.5 Å². The Bertz CT molecular complexity index is 480. The van der Waals surface area contributed by atoms with Crippen LogP contribution in [0.3, 0.4) is 0 Å². The number of nitrogens with one attached hydrogen (secondary N) is 1. The van der Waals surface area contributed by atoms with Crippen LogP contribution in [0.15, 0.2) is 0 Å². The molecule has 138 valence electrons. The van der Waals surface area contributed by atoms with Gasteiger partial charge in [0.15, 0.2) is 0 Å². The smallest absolute Gasteiger partial charge is 0.412 e. The normalized spacial score (nSPS) is 29.6. The molecule has 2 saturated heterocycles. The molecule has 0 aliphatic carbocycles. The number of ether oxygens (including phenoxy) is 3. The summed E-state index contributed by atoms with van der Waals surface area (Å²) in [6.07, 6.45) is 0.108. The number of carbonyl (C=O) groups excluding carboxylic acids is 2. The molecule has 2 amide bonds. The van der Waals surface area contributed by atoms with Gasteiger partial charge in [0.1, 0.15) is 11.3 Å². The summed E-state index contributed by atoms with van der Waals surface area (Å²) in [6.45, 7) is 12.5. The van der Waals surface area contributed by atoms with Crippen LogP contribution < -0.4 is 5.32 Å². The molecule has 1 N–H and O–H groups in total. The van der Waals surface area contributed by atoms with E-state index < -0.39 is 17.4 Å². The maximum atomic E-state index is 12.6. The molecule has 2 fully saturated rings. The maximum absolute atomic E-state index is 12.6. The zero-order chi connectivity index (χ0) is 18.1. The van der Waals surface area contributed by atoms with Crippen LogP contribution in [0.25, 0.3) is 0 Å². The van der Waals surface area contributed by atoms with E-state index in [4.69, 9.17) is 14.2 Å². The molecule has 7 nitrogen and oxygen atoms in total. The standard InChI is InChI=1S/C17H30N2O5/c1-11-13(9-18-14(20)12-7-8-22-10-12)19(17(5,6)23-11)15(21)24-16(2,3)4/h11-13H,7-10H2,1-6H3,(H,18,20). The van der Waals surface area contributed by atoms with Crippen molar-refractivity contribution in [2.45, 2.75) is 71.4 Å². The van der Waals surface area contributed by atoms with E-state index in [2.05, 4.69) is 5.32 Å². The topological polar surface area (TPSA) is 77.1 Å². The Labute approximate surface area is 144 Å². The first-order valence-electron chi connectivity index (χ1n) is 8.57. The summed E-state index contributed by atoms with van der Waals surface area (Å²) >= 11 is 0. The van der Waals surface area contributed by atoms with Gasteiger partial charge in [-0.05, 0) is 48.0 Å². The minimum absolute atomic E-state index is 0.0338. The Balaban J connectivity index is 2.04. The van der Waals surface area contributed by atoms with E-state index in [1.807, 2.05) is 41.5 Å². The fourth-order valence-electron chi connectivity index (χ4n) is 3.21. The van der Waals surface area contributed by atoms with Crippen molar-refractivity contribution in [1.82, 2.24) is 10.2 Å². The Morgan fingerprint density at radius 3 is 2.54 bits per heavy atom. The van der Waals surface area contributed by atoms with Crippen molar-refractivity contribution in [3.05, 3.63) is 0 Å². The van der Waals surface area contributed by atoms with Gasteiger partial charge in [0.05, 0.1) is 24.7 Å². The third-order valence-electron chi connectivity index (χ3n) is 4.30. The number of hydrogen-bond donors (Lipinski definition) is 1. The summed E-state index contributed by atoms with van der Waals surface area (Å²) in [5.74, 6) is -0.140. The summed E-state index contributed by atoms with van der Waals surface area (Å²) in [5.41, 5.74) is -1.37. The largest absolute Gasteiger partial charge is 0.444 e. The molecule has 2 aliphatic heterocycles. The van der Waals surface area contributed by atoms with Gasteiger partial charge in [0.25, 0.3) is 0 Å². The van der Waals surface area contributed by atoms with Crippen molar-refractivity contribution in [3.8, 4) is 0 Å². The Hall–Kier alpha value is -1.34. The third-order valence-corrected chi connectivity index (χ3v) is 4.30. The Morgan fingerprint density at radius 2 is 2.00 bits per heavy atom. The second-order valence-corrected chi connectivity index (χ2v) is 7.99. The van der Waals surface area contributed by atoms with E-state index in [1.54, 1.807) is 4.90 Å². The molecule has 3 atom stereocenters. The van der Waals surface area contributed by atoms with Crippen LogP contribution >= 0.6 is 0 Å². The van der Waals surface area contributed by atoms with Crippen molar-refractivity contribution < 1.29 is 23.8 Å². The highest BCUT2D eigenvalue weighted by atomic mass is 16.6. The molecule has 0 bridgehead atoms. The first-order valence-corrected chi connectivity index (χ1v) is 8.57. The van der Waals surface area contributed by atoms with Gasteiger partial charge in [0, 0.05) is 13.2 Å². The van der Waals surface area contributed by atoms with Gasteiger partial charge in [-0.25, -0.2) is 4.79 Å². The quantitative estimate of drug-likeness (QED) is 0.848. The molecule has 0 spiro atoms. The molecular weight excluding hydrogens is 312 g/mol. The fraction of sp³-hybridized carbons (Fsp3) is 0.882. The first kappa shape index (κ1) is 19.0. The molecule has 3 unspecified atom stereocenters. The van der Waals surface area contributed by atoms with Crippen LogP contribution in [0.4, 0.5) is 4.79 Å². The van der Waals surface area contributed by atoms with Crippen LogP contribution in [-0.2, 0) is 19.0 Å². The SMILES string of the molecule is CC1OC(C)(C)N(C(=O)OC(C)(C)C)C1CNC(=O)C1CCOC1. The lowest BCUT2D eigenvalue weighted by atomic mass is 10.1. The highest BCUT2D eigenvalue weighted by molar-refractivity contribution is 5.79. The van der Waals surface area contributed by atoms with E-state index in [1.165, 1.54) is 0 Å². The number of nitrogens with zero attached hydrogens (tertiary/aromatic N) is 1. The lowest BCUT2D eigenvalue weighted by molar-refractivity contribution is -0.125. The van der Waals surface area contributed by atoms with Crippen LogP contribution in [0.2, 0.25) is 0 Å². The summed E-state index contributed by atoms with van der Waals surface area (Å²) in [4.78, 5) is 26.4. The van der Waals surface area contributed by atoms with Crippen molar-refractivity contribution in [1.29, 1.82) is 0 Å². The summed E-state index contributed by atoms with van der Waals surface area (Å²) in [5, 5.41) is 2.93. The lowest BCUT2D eigenvalue weighted by Gasteiger charge is -2.35. The number of carbonyl (C=O) groups is 2. The first-order chi connectivity index (χ1) is 11.0. The van der Waals surface area contributed by atoms with Crippen molar-refractivity contribution >= 4 is 12.0 Å². The van der Waals surface area contributed by atoms with Gasteiger partial charge in [-0.15, -0.1) is 0 Å². The van der Waals surface area contributed by atoms with Crippen molar-refractivity contribution in [2.75, 3.05) is 19.8 Å². The molecule has 0 aromatic heterocycles. The van der Waals surface area contributed by atoms with Crippen LogP contribution in [-0.4, -0.2) is 60.1 Å². The van der Waals surface area contributed by atoms with E-state index in [0.29, 0.717) is 19.8 Å². The molecule has 2 rings (SSSR count). The van der Waals surface area contributed by atoms with Gasteiger partial charge in [-0.2, -0.15) is 0 Å². The third kappa shape index (κ3) is 4.39. The van der Waals surface area contributed by atoms with Gasteiger partial charge >= 0.3 is 6.09 Å². The average Bonchev–Trinajstić information content (AvgIpc) is 2.99. The van der Waals surface area contributed by atoms with E-state index >= 15 is 0 Å². The Kier molecular flexibility index (Phi) is 5.44. The molecule has 24 heavy (non-hydrogen) atoms. The molecule has 7 heteroatoms. The summed E-state index contributed by atoms with van der Waals surface area (Å²) < 4.78 is 16.7. The minimum atomic E-state index is -0.784. The monoisotopic (exact) mass is 342 g/mol. The van der Waals surface area contributed by atoms with Gasteiger partial charge in [-0.1, -0.05) is 0 Å². The molecular formula is C17H30N2O5. The van der Waals surface area contributed by atoms with Crippen LogP contribution in [0, 0.1) is 5.92 Å². The van der Waals surface area contributed by atoms with Crippen molar-refractivity contribution in [2.24, 2.45) is 5.92 Å². The minimum Gasteiger partial charge on any atom is -0.444 e. The molecule has 2 heterocycles. The summed E-state index contributed by atoms with van der Waals surface area (Å²) in [6, 6.07) is -0.277. The predicted molar refractivity (Wildman–Crippen MR) is 88.4 cm³/mol. The molecule has 0 aromatic carbocycles. The fourth-order valence-corrected chi connectivity index (χ4v) is 3.21. The lowest BCUT2D eigenvalue weighted by Crippen LogP contribution is -2.54. The number of amides is 2. The average molecular weight is 342 g/mol. The summed E-state index contributed by atoms with van der Waals surface area (Å²) in [7, 11) is 0. The second-order valence-electron chi connectivity index (χ2n) is 7.99. The highest BCUT2D eigenvalue weighted by Gasteiger charge is 2.49. The van der Waals surface area contributed by atoms with E-state index in [0.717, 1.165) is 6.42 Å². The van der Waals surface area contributed by atoms with E-state index in [9.17, 15) is 9.59 Å². The van der Waals surface area contributed by atoms with Crippen LogP contribution in [0.5, 0.6) is 0 Å².